The number of piperazine rings is 1. The number of rotatable bonds is 9. The highest BCUT2D eigenvalue weighted by Crippen LogP contribution is 2.41. The number of ether oxygens (including phenoxy) is 1. The van der Waals surface area contributed by atoms with E-state index in [0.717, 1.165) is 69.8 Å². The lowest BCUT2D eigenvalue weighted by Crippen LogP contribution is -2.57. The van der Waals surface area contributed by atoms with Gasteiger partial charge in [0.1, 0.15) is 5.60 Å². The highest BCUT2D eigenvalue weighted by atomic mass is 35.5. The van der Waals surface area contributed by atoms with Crippen LogP contribution in [0.2, 0.25) is 5.02 Å². The lowest BCUT2D eigenvalue weighted by atomic mass is 9.75. The zero-order chi connectivity index (χ0) is 31.8. The number of fused-ring (bicyclic) bond motifs is 2. The predicted molar refractivity (Wildman–Crippen MR) is 174 cm³/mol. The van der Waals surface area contributed by atoms with Crippen molar-refractivity contribution in [2.24, 2.45) is 17.6 Å². The topological polar surface area (TPSA) is 134 Å². The molecule has 0 spiro atoms. The molecule has 45 heavy (non-hydrogen) atoms. The van der Waals surface area contributed by atoms with Crippen LogP contribution in [-0.4, -0.2) is 91.3 Å². The van der Waals surface area contributed by atoms with Gasteiger partial charge in [0.2, 0.25) is 15.9 Å². The fraction of sp³-hybridized carbons (Fsp3) is 0.758. The molecule has 6 rings (SSSR count). The van der Waals surface area contributed by atoms with Crippen LogP contribution in [-0.2, 0) is 19.6 Å². The number of piperidine rings is 1. The van der Waals surface area contributed by atoms with Gasteiger partial charge in [-0.05, 0) is 101 Å². The normalized spacial score (nSPS) is 32.2. The lowest BCUT2D eigenvalue weighted by Gasteiger charge is -2.39. The Hall–Kier alpha value is -1.92. The number of amides is 2. The van der Waals surface area contributed by atoms with Crippen molar-refractivity contribution in [2.75, 3.05) is 31.9 Å². The molecule has 5 fully saturated rings. The number of sulfonamides is 1. The smallest absolute Gasteiger partial charge is 0.410 e. The van der Waals surface area contributed by atoms with Crippen molar-refractivity contribution in [1.82, 2.24) is 19.8 Å². The Kier molecular flexibility index (Phi) is 10.0. The first-order valence-corrected chi connectivity index (χ1v) is 19.0. The standard InChI is InChI=1S/C33H50ClN5O5S/c1-33(15-16-33)44-32(41)38-17-13-24(14-18-38)29(23-7-10-25(34)11-8-23)30(35)31(40)37-28-6-2-4-22(28)9-12-27-20-36-26-5-3-19-45(42,43)39(27)21-26/h7-8,10-11,22,24,26-30,36H,2-6,9,12-21,35H2,1H3,(H,37,40)/t22-,26-,27+,28+,29?,30+/m1/s1. The molecule has 1 aromatic carbocycles. The zero-order valence-corrected chi connectivity index (χ0v) is 28.0. The van der Waals surface area contributed by atoms with E-state index in [0.29, 0.717) is 43.5 Å². The van der Waals surface area contributed by atoms with E-state index in [1.165, 1.54) is 0 Å². The average molecular weight is 664 g/mol. The molecule has 1 aromatic rings. The Bertz CT molecular complexity index is 1320. The maximum Gasteiger partial charge on any atom is 0.410 e. The second-order valence-corrected chi connectivity index (χ2v) is 16.9. The number of hydrogen-bond acceptors (Lipinski definition) is 7. The summed E-state index contributed by atoms with van der Waals surface area (Å²) in [7, 11) is -3.22. The van der Waals surface area contributed by atoms with Crippen molar-refractivity contribution in [3.05, 3.63) is 34.9 Å². The van der Waals surface area contributed by atoms with Crippen LogP contribution in [0.4, 0.5) is 4.79 Å². The average Bonchev–Trinajstić information content (AvgIpc) is 3.61. The number of nitrogens with two attached hydrogens (primary N) is 1. The Morgan fingerprint density at radius 3 is 2.53 bits per heavy atom. The van der Waals surface area contributed by atoms with Crippen molar-refractivity contribution >= 4 is 33.6 Å². The molecule has 3 saturated heterocycles. The Balaban J connectivity index is 1.08. The summed E-state index contributed by atoms with van der Waals surface area (Å²) in [4.78, 5) is 28.3. The van der Waals surface area contributed by atoms with Crippen molar-refractivity contribution in [1.29, 1.82) is 0 Å². The molecule has 250 valence electrons. The third-order valence-electron chi connectivity index (χ3n) is 11.2. The minimum absolute atomic E-state index is 0.0277. The summed E-state index contributed by atoms with van der Waals surface area (Å²) in [6.07, 6.45) is 9.29. The second kappa shape index (κ2) is 13.7. The van der Waals surface area contributed by atoms with Gasteiger partial charge >= 0.3 is 6.09 Å². The zero-order valence-electron chi connectivity index (χ0n) is 26.5. The molecular formula is C33H50ClN5O5S. The lowest BCUT2D eigenvalue weighted by molar-refractivity contribution is -0.124. The van der Waals surface area contributed by atoms with Gasteiger partial charge in [-0.25, -0.2) is 13.2 Å². The summed E-state index contributed by atoms with van der Waals surface area (Å²) >= 11 is 6.21. The van der Waals surface area contributed by atoms with E-state index in [4.69, 9.17) is 22.1 Å². The van der Waals surface area contributed by atoms with Crippen LogP contribution in [0.25, 0.3) is 0 Å². The minimum atomic E-state index is -3.22. The van der Waals surface area contributed by atoms with Gasteiger partial charge in [-0.3, -0.25) is 4.79 Å². The van der Waals surface area contributed by atoms with Gasteiger partial charge in [0.25, 0.3) is 0 Å². The number of benzene rings is 1. The van der Waals surface area contributed by atoms with Crippen molar-refractivity contribution in [3.8, 4) is 0 Å². The molecule has 2 unspecified atom stereocenters. The Morgan fingerprint density at radius 2 is 1.82 bits per heavy atom. The van der Waals surface area contributed by atoms with Crippen LogP contribution in [0.1, 0.15) is 89.0 Å². The highest BCUT2D eigenvalue weighted by molar-refractivity contribution is 7.89. The van der Waals surface area contributed by atoms with Gasteiger partial charge in [0.05, 0.1) is 11.8 Å². The van der Waals surface area contributed by atoms with Crippen molar-refractivity contribution < 1.29 is 22.7 Å². The number of likely N-dealkylation sites (tertiary alicyclic amines) is 1. The summed E-state index contributed by atoms with van der Waals surface area (Å²) in [5.74, 6) is 0.303. The molecule has 2 amide bonds. The molecule has 3 aliphatic heterocycles. The molecule has 3 heterocycles. The molecule has 0 radical (unpaired) electrons. The molecule has 10 nitrogen and oxygen atoms in total. The third kappa shape index (κ3) is 7.80. The van der Waals surface area contributed by atoms with Gasteiger partial charge < -0.3 is 26.0 Å². The van der Waals surface area contributed by atoms with E-state index < -0.39 is 16.1 Å². The van der Waals surface area contributed by atoms with Gasteiger partial charge in [-0.1, -0.05) is 30.2 Å². The van der Waals surface area contributed by atoms with Crippen LogP contribution < -0.4 is 16.4 Å². The van der Waals surface area contributed by atoms with E-state index >= 15 is 0 Å². The van der Waals surface area contributed by atoms with E-state index in [-0.39, 0.29) is 53.3 Å². The molecule has 2 bridgehead atoms. The molecule has 0 aromatic heterocycles. The fourth-order valence-electron chi connectivity index (χ4n) is 8.12. The van der Waals surface area contributed by atoms with E-state index in [9.17, 15) is 18.0 Å². The SMILES string of the molecule is CC1(OC(=O)N2CCC(C(c3ccc(Cl)cc3)[C@H](N)C(=O)N[C@H]3CCC[C@@H]3CC[C@H]3CN[C@@H]4CCCS(=O)(=O)N3C4)CC2)CC1. The van der Waals surface area contributed by atoms with Crippen LogP contribution in [0.15, 0.2) is 24.3 Å². The molecular weight excluding hydrogens is 614 g/mol. The monoisotopic (exact) mass is 663 g/mol. The first kappa shape index (κ1) is 33.0. The summed E-state index contributed by atoms with van der Waals surface area (Å²) in [6.45, 7) is 4.38. The minimum Gasteiger partial charge on any atom is -0.443 e. The quantitative estimate of drug-likeness (QED) is 0.364. The van der Waals surface area contributed by atoms with Gasteiger partial charge in [-0.2, -0.15) is 4.31 Å². The van der Waals surface area contributed by atoms with E-state index in [1.54, 1.807) is 9.21 Å². The summed E-state index contributed by atoms with van der Waals surface area (Å²) in [5.41, 5.74) is 7.51. The van der Waals surface area contributed by atoms with Crippen molar-refractivity contribution in [2.45, 2.75) is 113 Å². The Labute approximate surface area is 273 Å². The number of nitrogens with one attached hydrogen (secondary N) is 2. The summed E-state index contributed by atoms with van der Waals surface area (Å²) < 4.78 is 33.3. The third-order valence-corrected chi connectivity index (χ3v) is 13.4. The number of carbonyl (C=O) groups excluding carboxylic acids is 2. The molecule has 2 saturated carbocycles. The summed E-state index contributed by atoms with van der Waals surface area (Å²) in [5, 5.41) is 7.52. The maximum atomic E-state index is 13.8. The molecule has 12 heteroatoms. The predicted octanol–water partition coefficient (Wildman–Crippen LogP) is 3.98. The molecule has 4 N–H and O–H groups in total. The van der Waals surface area contributed by atoms with Crippen molar-refractivity contribution in [3.63, 3.8) is 0 Å². The summed E-state index contributed by atoms with van der Waals surface area (Å²) in [6, 6.07) is 7.11. The van der Waals surface area contributed by atoms with Gasteiger partial charge in [-0.15, -0.1) is 0 Å². The van der Waals surface area contributed by atoms with Crippen LogP contribution in [0.5, 0.6) is 0 Å². The molecule has 7 atom stereocenters. The highest BCUT2D eigenvalue weighted by Gasteiger charge is 2.44. The first-order chi connectivity index (χ1) is 21.5. The molecule has 5 aliphatic rings. The maximum absolute atomic E-state index is 13.8. The number of nitrogens with zero attached hydrogens (tertiary/aromatic N) is 2. The molecule has 2 aliphatic carbocycles. The first-order valence-electron chi connectivity index (χ1n) is 17.0. The Morgan fingerprint density at radius 1 is 1.09 bits per heavy atom. The van der Waals surface area contributed by atoms with Gasteiger partial charge in [0, 0.05) is 55.2 Å². The van der Waals surface area contributed by atoms with E-state index in [1.807, 2.05) is 31.2 Å². The van der Waals surface area contributed by atoms with Crippen LogP contribution in [0.3, 0.4) is 0 Å². The fourth-order valence-corrected chi connectivity index (χ4v) is 10.1. The van der Waals surface area contributed by atoms with Crippen LogP contribution >= 0.6 is 11.6 Å². The number of hydrogen-bond donors (Lipinski definition) is 3. The number of carbonyl (C=O) groups is 2. The second-order valence-electron chi connectivity index (χ2n) is 14.4. The van der Waals surface area contributed by atoms with Crippen LogP contribution in [0, 0.1) is 11.8 Å². The van der Waals surface area contributed by atoms with E-state index in [2.05, 4.69) is 10.6 Å². The van der Waals surface area contributed by atoms with Gasteiger partial charge in [0.15, 0.2) is 0 Å². The largest absolute Gasteiger partial charge is 0.443 e. The number of halogens is 1.